The van der Waals surface area contributed by atoms with Crippen molar-refractivity contribution in [2.75, 3.05) is 13.7 Å². The fourth-order valence-electron chi connectivity index (χ4n) is 1.80. The van der Waals surface area contributed by atoms with Gasteiger partial charge in [0, 0.05) is 7.11 Å². The third kappa shape index (κ3) is 14.1. The number of nitrogens with two attached hydrogens (primary N) is 1. The summed E-state index contributed by atoms with van der Waals surface area (Å²) in [5.74, 6) is 0. The normalized spacial score (nSPS) is 11.6. The van der Waals surface area contributed by atoms with Crippen LogP contribution in [0.3, 0.4) is 0 Å². The van der Waals surface area contributed by atoms with E-state index in [2.05, 4.69) is 0 Å². The van der Waals surface area contributed by atoms with Crippen LogP contribution in [0.2, 0.25) is 6.04 Å². The van der Waals surface area contributed by atoms with Gasteiger partial charge in [-0.25, -0.2) is 0 Å². The minimum atomic E-state index is -0.144. The van der Waals surface area contributed by atoms with Gasteiger partial charge in [-0.3, -0.25) is 0 Å². The predicted octanol–water partition coefficient (Wildman–Crippen LogP) is 2.60. The van der Waals surface area contributed by atoms with E-state index < -0.39 is 0 Å². The molecule has 0 spiro atoms. The molecule has 0 amide bonds. The van der Waals surface area contributed by atoms with Crippen LogP contribution in [0.4, 0.5) is 0 Å². The molecule has 0 heterocycles. The van der Waals surface area contributed by atoms with Crippen LogP contribution >= 0.6 is 0 Å². The van der Waals surface area contributed by atoms with E-state index in [9.17, 15) is 0 Å². The summed E-state index contributed by atoms with van der Waals surface area (Å²) in [6.45, 7) is 0.864. The van der Waals surface area contributed by atoms with Crippen LogP contribution in [-0.2, 0) is 4.43 Å². The molecule has 3 heteroatoms. The molecule has 0 unspecified atom stereocenters. The van der Waals surface area contributed by atoms with Crippen molar-refractivity contribution in [3.8, 4) is 0 Å². The fourth-order valence-corrected chi connectivity index (χ4v) is 2.65. The van der Waals surface area contributed by atoms with Crippen LogP contribution in [0.15, 0.2) is 0 Å². The molecule has 0 aliphatic rings. The predicted molar refractivity (Wildman–Crippen MR) is 71.0 cm³/mol. The van der Waals surface area contributed by atoms with Crippen molar-refractivity contribution in [1.29, 1.82) is 0 Å². The van der Waals surface area contributed by atoms with E-state index in [0.29, 0.717) is 0 Å². The average molecular weight is 231 g/mol. The first-order valence-electron chi connectivity index (χ1n) is 6.61. The zero-order chi connectivity index (χ0) is 11.2. The zero-order valence-corrected chi connectivity index (χ0v) is 11.9. The van der Waals surface area contributed by atoms with E-state index in [1.807, 2.05) is 7.11 Å². The van der Waals surface area contributed by atoms with E-state index in [4.69, 9.17) is 10.2 Å². The zero-order valence-electron chi connectivity index (χ0n) is 10.5. The maximum Gasteiger partial charge on any atom is 0.161 e. The van der Waals surface area contributed by atoms with Gasteiger partial charge in [-0.1, -0.05) is 51.4 Å². The van der Waals surface area contributed by atoms with E-state index >= 15 is 0 Å². The van der Waals surface area contributed by atoms with E-state index in [0.717, 1.165) is 6.54 Å². The molecule has 2 nitrogen and oxygen atoms in total. The Morgan fingerprint density at radius 1 is 0.800 bits per heavy atom. The van der Waals surface area contributed by atoms with E-state index in [1.165, 1.54) is 63.8 Å². The molecule has 0 aromatic carbocycles. The van der Waals surface area contributed by atoms with Gasteiger partial charge < -0.3 is 10.2 Å². The molecule has 0 saturated heterocycles. The van der Waals surface area contributed by atoms with Gasteiger partial charge in [0.05, 0.1) is 0 Å². The molecule has 2 N–H and O–H groups in total. The Hall–Kier alpha value is 0.137. The first-order valence-corrected chi connectivity index (χ1v) is 8.18. The SMILES string of the molecule is CO[SiH2]CCCCCCCCCCCN. The van der Waals surface area contributed by atoms with Crippen molar-refractivity contribution in [1.82, 2.24) is 0 Å². The molecule has 92 valence electrons. The highest BCUT2D eigenvalue weighted by atomic mass is 28.2. The molecule has 0 radical (unpaired) electrons. The molecular weight excluding hydrogens is 202 g/mol. The molecule has 0 aromatic rings. The second kappa shape index (κ2) is 14.1. The quantitative estimate of drug-likeness (QED) is 0.414. The second-order valence-electron chi connectivity index (χ2n) is 4.32. The summed E-state index contributed by atoms with van der Waals surface area (Å²) in [6, 6.07) is 1.37. The van der Waals surface area contributed by atoms with Crippen molar-refractivity contribution in [3.05, 3.63) is 0 Å². The highest BCUT2D eigenvalue weighted by molar-refractivity contribution is 6.26. The molecule has 0 rings (SSSR count). The van der Waals surface area contributed by atoms with Gasteiger partial charge in [0.2, 0.25) is 0 Å². The lowest BCUT2D eigenvalue weighted by Gasteiger charge is -2.01. The lowest BCUT2D eigenvalue weighted by Crippen LogP contribution is -1.97. The molecule has 0 aliphatic carbocycles. The monoisotopic (exact) mass is 231 g/mol. The first kappa shape index (κ1) is 15.1. The maximum absolute atomic E-state index is 5.44. The van der Waals surface area contributed by atoms with Crippen molar-refractivity contribution in [3.63, 3.8) is 0 Å². The van der Waals surface area contributed by atoms with Gasteiger partial charge >= 0.3 is 0 Å². The standard InChI is InChI=1S/C12H29NOSi/c1-14-15-12-10-8-6-4-2-3-5-7-9-11-13/h2-13,15H2,1H3. The minimum Gasteiger partial charge on any atom is -0.427 e. The molecule has 0 atom stereocenters. The summed E-state index contributed by atoms with van der Waals surface area (Å²) in [6.07, 6.45) is 12.4. The van der Waals surface area contributed by atoms with Gasteiger partial charge in [0.25, 0.3) is 0 Å². The van der Waals surface area contributed by atoms with Crippen LogP contribution in [0, 0.1) is 0 Å². The summed E-state index contributed by atoms with van der Waals surface area (Å²) in [5, 5.41) is 0. The van der Waals surface area contributed by atoms with Gasteiger partial charge in [-0.15, -0.1) is 0 Å². The molecule has 15 heavy (non-hydrogen) atoms. The van der Waals surface area contributed by atoms with Gasteiger partial charge in [-0.05, 0) is 19.0 Å². The highest BCUT2D eigenvalue weighted by Crippen LogP contribution is 2.10. The Morgan fingerprint density at radius 2 is 1.27 bits per heavy atom. The Labute approximate surface area is 97.9 Å². The van der Waals surface area contributed by atoms with Gasteiger partial charge in [-0.2, -0.15) is 0 Å². The molecule has 0 aromatic heterocycles. The molecule has 0 saturated carbocycles. The number of rotatable bonds is 12. The molecule has 0 bridgehead atoms. The van der Waals surface area contributed by atoms with Crippen LogP contribution in [0.1, 0.15) is 57.8 Å². The highest BCUT2D eigenvalue weighted by Gasteiger charge is 1.92. The van der Waals surface area contributed by atoms with E-state index in [1.54, 1.807) is 0 Å². The van der Waals surface area contributed by atoms with Crippen LogP contribution in [-0.4, -0.2) is 23.4 Å². The Balaban J connectivity index is 2.81. The summed E-state index contributed by atoms with van der Waals surface area (Å²) in [5.41, 5.74) is 5.44. The van der Waals surface area contributed by atoms with Gasteiger partial charge in [0.1, 0.15) is 0 Å². The fraction of sp³-hybridized carbons (Fsp3) is 1.00. The number of unbranched alkanes of at least 4 members (excludes halogenated alkanes) is 8. The lowest BCUT2D eigenvalue weighted by molar-refractivity contribution is 0.438. The Morgan fingerprint density at radius 3 is 1.73 bits per heavy atom. The smallest absolute Gasteiger partial charge is 0.161 e. The number of hydrogen-bond donors (Lipinski definition) is 1. The molecule has 0 fully saturated rings. The van der Waals surface area contributed by atoms with Crippen molar-refractivity contribution < 1.29 is 4.43 Å². The van der Waals surface area contributed by atoms with Crippen LogP contribution in [0.25, 0.3) is 0 Å². The largest absolute Gasteiger partial charge is 0.427 e. The van der Waals surface area contributed by atoms with Crippen molar-refractivity contribution in [2.45, 2.75) is 63.8 Å². The van der Waals surface area contributed by atoms with Crippen LogP contribution < -0.4 is 5.73 Å². The van der Waals surface area contributed by atoms with Crippen molar-refractivity contribution in [2.24, 2.45) is 5.73 Å². The molecule has 0 aliphatic heterocycles. The third-order valence-corrected chi connectivity index (χ3v) is 4.00. The third-order valence-electron chi connectivity index (χ3n) is 2.80. The maximum atomic E-state index is 5.44. The average Bonchev–Trinajstić information content (AvgIpc) is 2.26. The number of hydrogen-bond acceptors (Lipinski definition) is 2. The van der Waals surface area contributed by atoms with Gasteiger partial charge in [0.15, 0.2) is 9.76 Å². The minimum absolute atomic E-state index is 0.144. The van der Waals surface area contributed by atoms with Crippen LogP contribution in [0.5, 0.6) is 0 Å². The Bertz CT molecular complexity index is 99.8. The topological polar surface area (TPSA) is 35.2 Å². The summed E-state index contributed by atoms with van der Waals surface area (Å²) in [7, 11) is 1.70. The second-order valence-corrected chi connectivity index (χ2v) is 6.01. The van der Waals surface area contributed by atoms with E-state index in [-0.39, 0.29) is 9.76 Å². The molecular formula is C12H29NOSi. The summed E-state index contributed by atoms with van der Waals surface area (Å²) < 4.78 is 5.15. The summed E-state index contributed by atoms with van der Waals surface area (Å²) >= 11 is 0. The lowest BCUT2D eigenvalue weighted by atomic mass is 10.1. The Kier molecular flexibility index (Phi) is 14.3. The first-order chi connectivity index (χ1) is 7.41. The summed E-state index contributed by atoms with van der Waals surface area (Å²) in [4.78, 5) is 0. The van der Waals surface area contributed by atoms with Crippen molar-refractivity contribution >= 4 is 9.76 Å².